The van der Waals surface area contributed by atoms with E-state index in [2.05, 4.69) is 19.2 Å². The monoisotopic (exact) mass is 197 g/mol. The molecule has 14 heavy (non-hydrogen) atoms. The molecule has 1 aliphatic rings. The Labute approximate surface area is 89.7 Å². The predicted molar refractivity (Wildman–Crippen MR) is 63.6 cm³/mol. The molecular formula is C13H27N. The van der Waals surface area contributed by atoms with Crippen LogP contribution in [0, 0.1) is 5.92 Å². The standard InChI is InChI=1S/C13H27N/c1-12-10-8-6-4-3-5-7-9-11-14-13(12)2/h12-14H,3-11H2,1-2H3. The van der Waals surface area contributed by atoms with E-state index in [-0.39, 0.29) is 0 Å². The quantitative estimate of drug-likeness (QED) is 0.624. The van der Waals surface area contributed by atoms with Crippen molar-refractivity contribution in [1.29, 1.82) is 0 Å². The lowest BCUT2D eigenvalue weighted by Crippen LogP contribution is -2.32. The maximum atomic E-state index is 3.65. The Bertz CT molecular complexity index is 117. The minimum atomic E-state index is 0.717. The van der Waals surface area contributed by atoms with Gasteiger partial charge in [-0.25, -0.2) is 0 Å². The van der Waals surface area contributed by atoms with E-state index in [0.717, 1.165) is 12.0 Å². The molecule has 1 nitrogen and oxygen atoms in total. The van der Waals surface area contributed by atoms with Crippen LogP contribution in [-0.2, 0) is 0 Å². The zero-order valence-electron chi connectivity index (χ0n) is 10.0. The minimum absolute atomic E-state index is 0.717. The molecule has 0 bridgehead atoms. The highest BCUT2D eigenvalue weighted by molar-refractivity contribution is 4.69. The summed E-state index contributed by atoms with van der Waals surface area (Å²) in [7, 11) is 0. The van der Waals surface area contributed by atoms with Crippen LogP contribution in [0.5, 0.6) is 0 Å². The smallest absolute Gasteiger partial charge is 0.00643 e. The van der Waals surface area contributed by atoms with E-state index in [9.17, 15) is 0 Å². The molecule has 1 rings (SSSR count). The third-order valence-corrected chi connectivity index (χ3v) is 3.66. The van der Waals surface area contributed by atoms with Gasteiger partial charge in [-0.2, -0.15) is 0 Å². The zero-order chi connectivity index (χ0) is 10.2. The molecule has 2 atom stereocenters. The van der Waals surface area contributed by atoms with Gasteiger partial charge in [0.1, 0.15) is 0 Å². The van der Waals surface area contributed by atoms with Gasteiger partial charge in [0.05, 0.1) is 0 Å². The summed E-state index contributed by atoms with van der Waals surface area (Å²) < 4.78 is 0. The van der Waals surface area contributed by atoms with Crippen LogP contribution in [0.2, 0.25) is 0 Å². The van der Waals surface area contributed by atoms with Gasteiger partial charge in [-0.3, -0.25) is 0 Å². The fraction of sp³-hybridized carbons (Fsp3) is 1.00. The first-order chi connectivity index (χ1) is 6.80. The molecule has 0 aliphatic carbocycles. The molecule has 0 saturated carbocycles. The first kappa shape index (κ1) is 12.0. The van der Waals surface area contributed by atoms with E-state index in [0.29, 0.717) is 0 Å². The van der Waals surface area contributed by atoms with Crippen LogP contribution < -0.4 is 5.32 Å². The SMILES string of the molecule is CC1CCCCCCCCCNC1C. The van der Waals surface area contributed by atoms with Crippen LogP contribution in [-0.4, -0.2) is 12.6 Å². The third-order valence-electron chi connectivity index (χ3n) is 3.66. The Morgan fingerprint density at radius 3 is 2.07 bits per heavy atom. The fourth-order valence-electron chi connectivity index (χ4n) is 2.26. The van der Waals surface area contributed by atoms with Crippen molar-refractivity contribution < 1.29 is 0 Å². The largest absolute Gasteiger partial charge is 0.314 e. The molecule has 0 aromatic heterocycles. The van der Waals surface area contributed by atoms with E-state index in [1.54, 1.807) is 0 Å². The van der Waals surface area contributed by atoms with Gasteiger partial charge in [-0.1, -0.05) is 45.4 Å². The molecule has 1 saturated heterocycles. The summed E-state index contributed by atoms with van der Waals surface area (Å²) in [5.41, 5.74) is 0. The highest BCUT2D eigenvalue weighted by Gasteiger charge is 2.11. The van der Waals surface area contributed by atoms with E-state index in [1.807, 2.05) is 0 Å². The van der Waals surface area contributed by atoms with Gasteiger partial charge >= 0.3 is 0 Å². The maximum absolute atomic E-state index is 3.65. The maximum Gasteiger partial charge on any atom is 0.00643 e. The summed E-state index contributed by atoms with van der Waals surface area (Å²) in [5.74, 6) is 0.856. The number of hydrogen-bond acceptors (Lipinski definition) is 1. The first-order valence-electron chi connectivity index (χ1n) is 6.54. The molecule has 1 N–H and O–H groups in total. The summed E-state index contributed by atoms with van der Waals surface area (Å²) in [6, 6.07) is 0.717. The molecule has 1 fully saturated rings. The topological polar surface area (TPSA) is 12.0 Å². The second-order valence-electron chi connectivity index (χ2n) is 4.98. The molecule has 0 spiro atoms. The van der Waals surface area contributed by atoms with Crippen LogP contribution >= 0.6 is 0 Å². The van der Waals surface area contributed by atoms with Gasteiger partial charge < -0.3 is 5.32 Å². The summed E-state index contributed by atoms with van der Waals surface area (Å²) in [4.78, 5) is 0. The summed E-state index contributed by atoms with van der Waals surface area (Å²) in [6.07, 6.45) is 11.5. The third kappa shape index (κ3) is 4.99. The predicted octanol–water partition coefficient (Wildman–Crippen LogP) is 3.74. The lowest BCUT2D eigenvalue weighted by Gasteiger charge is -2.22. The van der Waals surface area contributed by atoms with E-state index >= 15 is 0 Å². The van der Waals surface area contributed by atoms with Crippen molar-refractivity contribution in [2.75, 3.05) is 6.54 Å². The van der Waals surface area contributed by atoms with Crippen LogP contribution in [0.1, 0.15) is 65.2 Å². The second kappa shape index (κ2) is 7.28. The Morgan fingerprint density at radius 2 is 1.36 bits per heavy atom. The average molecular weight is 197 g/mol. The van der Waals surface area contributed by atoms with Gasteiger partial charge in [-0.15, -0.1) is 0 Å². The highest BCUT2D eigenvalue weighted by atomic mass is 14.9. The number of nitrogens with one attached hydrogen (secondary N) is 1. The Morgan fingerprint density at radius 1 is 0.786 bits per heavy atom. The Hall–Kier alpha value is -0.0400. The van der Waals surface area contributed by atoms with Gasteiger partial charge in [-0.05, 0) is 32.2 Å². The van der Waals surface area contributed by atoms with Crippen LogP contribution in [0.4, 0.5) is 0 Å². The molecular weight excluding hydrogens is 170 g/mol. The summed E-state index contributed by atoms with van der Waals surface area (Å²) in [6.45, 7) is 5.96. The van der Waals surface area contributed by atoms with Gasteiger partial charge in [0.2, 0.25) is 0 Å². The van der Waals surface area contributed by atoms with Gasteiger partial charge in [0.25, 0.3) is 0 Å². The molecule has 84 valence electrons. The van der Waals surface area contributed by atoms with Crippen molar-refractivity contribution in [2.45, 2.75) is 71.3 Å². The van der Waals surface area contributed by atoms with Crippen molar-refractivity contribution in [3.8, 4) is 0 Å². The fourth-order valence-corrected chi connectivity index (χ4v) is 2.26. The Kier molecular flexibility index (Phi) is 6.25. The minimum Gasteiger partial charge on any atom is -0.314 e. The van der Waals surface area contributed by atoms with Crippen LogP contribution in [0.15, 0.2) is 0 Å². The zero-order valence-corrected chi connectivity index (χ0v) is 10.0. The molecule has 0 amide bonds. The lowest BCUT2D eigenvalue weighted by molar-refractivity contribution is 0.356. The van der Waals surface area contributed by atoms with Crippen molar-refractivity contribution in [3.05, 3.63) is 0 Å². The van der Waals surface area contributed by atoms with E-state index in [4.69, 9.17) is 0 Å². The van der Waals surface area contributed by atoms with E-state index < -0.39 is 0 Å². The first-order valence-corrected chi connectivity index (χ1v) is 6.54. The van der Waals surface area contributed by atoms with Crippen molar-refractivity contribution in [3.63, 3.8) is 0 Å². The van der Waals surface area contributed by atoms with Crippen LogP contribution in [0.3, 0.4) is 0 Å². The molecule has 1 heteroatoms. The van der Waals surface area contributed by atoms with Gasteiger partial charge in [0.15, 0.2) is 0 Å². The second-order valence-corrected chi connectivity index (χ2v) is 4.98. The summed E-state index contributed by atoms with van der Waals surface area (Å²) in [5, 5.41) is 3.65. The molecule has 2 unspecified atom stereocenters. The van der Waals surface area contributed by atoms with Gasteiger partial charge in [0, 0.05) is 6.04 Å². The molecule has 1 aliphatic heterocycles. The van der Waals surface area contributed by atoms with Crippen molar-refractivity contribution in [1.82, 2.24) is 5.32 Å². The molecule has 1 heterocycles. The summed E-state index contributed by atoms with van der Waals surface area (Å²) >= 11 is 0. The van der Waals surface area contributed by atoms with Crippen LogP contribution in [0.25, 0.3) is 0 Å². The number of hydrogen-bond donors (Lipinski definition) is 1. The van der Waals surface area contributed by atoms with E-state index in [1.165, 1.54) is 57.9 Å². The normalized spacial score (nSPS) is 33.0. The molecule has 0 aromatic rings. The average Bonchev–Trinajstić information content (AvgIpc) is 2.18. The number of rotatable bonds is 0. The lowest BCUT2D eigenvalue weighted by atomic mass is 9.95. The molecule has 0 radical (unpaired) electrons. The molecule has 0 aromatic carbocycles. The van der Waals surface area contributed by atoms with Crippen molar-refractivity contribution >= 4 is 0 Å². The highest BCUT2D eigenvalue weighted by Crippen LogP contribution is 2.16. The Balaban J connectivity index is 2.23. The van der Waals surface area contributed by atoms with Crippen molar-refractivity contribution in [2.24, 2.45) is 5.92 Å².